The molecule has 4 rings (SSSR count). The van der Waals surface area contributed by atoms with Gasteiger partial charge in [-0.2, -0.15) is 0 Å². The van der Waals surface area contributed by atoms with E-state index in [1.807, 2.05) is 32.0 Å². The lowest BCUT2D eigenvalue weighted by Gasteiger charge is -2.14. The predicted molar refractivity (Wildman–Crippen MR) is 114 cm³/mol. The Morgan fingerprint density at radius 2 is 1.80 bits per heavy atom. The summed E-state index contributed by atoms with van der Waals surface area (Å²) in [6, 6.07) is 11.4. The zero-order chi connectivity index (χ0) is 21.4. The molecule has 0 amide bonds. The van der Waals surface area contributed by atoms with Gasteiger partial charge in [-0.05, 0) is 45.3 Å². The fourth-order valence-corrected chi connectivity index (χ4v) is 3.54. The Morgan fingerprint density at radius 1 is 1.00 bits per heavy atom. The van der Waals surface area contributed by atoms with Crippen LogP contribution in [0.4, 0.5) is 0 Å². The number of phenols is 1. The highest BCUT2D eigenvalue weighted by atomic mass is 16.5. The number of benzene rings is 2. The number of para-hydroxylation sites is 1. The summed E-state index contributed by atoms with van der Waals surface area (Å²) in [5.74, 6) is 0.498. The van der Waals surface area contributed by atoms with Crippen LogP contribution in [0.1, 0.15) is 12.5 Å². The van der Waals surface area contributed by atoms with Crippen LogP contribution in [0.5, 0.6) is 11.5 Å². The minimum absolute atomic E-state index is 0.0170. The molecule has 0 radical (unpaired) electrons. The van der Waals surface area contributed by atoms with E-state index in [4.69, 9.17) is 13.6 Å². The van der Waals surface area contributed by atoms with E-state index in [-0.39, 0.29) is 16.9 Å². The first kappa shape index (κ1) is 19.7. The number of fused-ring (bicyclic) bond motifs is 2. The van der Waals surface area contributed by atoms with Crippen molar-refractivity contribution in [1.29, 1.82) is 0 Å². The molecule has 7 nitrogen and oxygen atoms in total. The third-order valence-electron chi connectivity index (χ3n) is 4.78. The highest BCUT2D eigenvalue weighted by Gasteiger charge is 2.19. The number of ether oxygens (including phenoxy) is 1. The third kappa shape index (κ3) is 3.44. The molecule has 0 aliphatic carbocycles. The van der Waals surface area contributed by atoms with Gasteiger partial charge in [-0.3, -0.25) is 0 Å². The number of hydrogen-bond donors (Lipinski definition) is 1. The van der Waals surface area contributed by atoms with Crippen LogP contribution in [0.2, 0.25) is 0 Å². The number of aromatic hydroxyl groups is 1. The molecule has 7 heteroatoms. The van der Waals surface area contributed by atoms with Crippen molar-refractivity contribution in [3.63, 3.8) is 0 Å². The molecule has 0 atom stereocenters. The highest BCUT2D eigenvalue weighted by Crippen LogP contribution is 2.34. The Balaban J connectivity index is 2.02. The van der Waals surface area contributed by atoms with Crippen molar-refractivity contribution in [2.45, 2.75) is 13.5 Å². The summed E-state index contributed by atoms with van der Waals surface area (Å²) in [5, 5.41) is 11.5. The van der Waals surface area contributed by atoms with E-state index in [0.717, 1.165) is 0 Å². The van der Waals surface area contributed by atoms with Crippen LogP contribution >= 0.6 is 0 Å². The van der Waals surface area contributed by atoms with Crippen LogP contribution in [0.15, 0.2) is 60.9 Å². The zero-order valence-electron chi connectivity index (χ0n) is 16.9. The summed E-state index contributed by atoms with van der Waals surface area (Å²) < 4.78 is 16.5. The fraction of sp³-hybridized carbons (Fsp3) is 0.217. The maximum absolute atomic E-state index is 12.9. The molecule has 4 aromatic rings. The number of hydrogen-bond acceptors (Lipinski definition) is 7. The van der Waals surface area contributed by atoms with Crippen molar-refractivity contribution >= 4 is 21.9 Å². The van der Waals surface area contributed by atoms with Gasteiger partial charge >= 0.3 is 11.3 Å². The Hall–Kier alpha value is -3.58. The van der Waals surface area contributed by atoms with E-state index in [1.165, 1.54) is 12.1 Å². The van der Waals surface area contributed by atoms with Crippen LogP contribution in [-0.4, -0.2) is 30.7 Å². The molecule has 2 aromatic carbocycles. The van der Waals surface area contributed by atoms with E-state index in [0.29, 0.717) is 46.4 Å². The van der Waals surface area contributed by atoms with E-state index in [9.17, 15) is 14.7 Å². The molecule has 154 valence electrons. The fourth-order valence-electron chi connectivity index (χ4n) is 3.54. The molecule has 0 spiro atoms. The van der Waals surface area contributed by atoms with Gasteiger partial charge in [0.25, 0.3) is 0 Å². The van der Waals surface area contributed by atoms with Crippen molar-refractivity contribution in [3.8, 4) is 22.6 Å². The van der Waals surface area contributed by atoms with Crippen LogP contribution in [0, 0.1) is 0 Å². The first-order valence-electron chi connectivity index (χ1n) is 9.52. The number of nitrogens with zero attached hydrogens (tertiary/aromatic N) is 1. The van der Waals surface area contributed by atoms with Gasteiger partial charge < -0.3 is 23.6 Å². The van der Waals surface area contributed by atoms with Crippen LogP contribution in [0.25, 0.3) is 33.1 Å². The Morgan fingerprint density at radius 3 is 2.53 bits per heavy atom. The topological polar surface area (TPSA) is 93.1 Å². The van der Waals surface area contributed by atoms with Gasteiger partial charge in [-0.15, -0.1) is 0 Å². The van der Waals surface area contributed by atoms with Crippen molar-refractivity contribution in [3.05, 3.63) is 68.9 Å². The molecule has 0 unspecified atom stereocenters. The van der Waals surface area contributed by atoms with E-state index in [2.05, 4.69) is 0 Å². The summed E-state index contributed by atoms with van der Waals surface area (Å²) in [7, 11) is 3.68. The first-order valence-corrected chi connectivity index (χ1v) is 9.52. The monoisotopic (exact) mass is 407 g/mol. The van der Waals surface area contributed by atoms with Crippen LogP contribution < -0.4 is 16.0 Å². The van der Waals surface area contributed by atoms with Gasteiger partial charge in [0.2, 0.25) is 0 Å². The number of phenolic OH excluding ortho intramolecular Hbond substituents is 1. The Labute approximate surface area is 171 Å². The summed E-state index contributed by atoms with van der Waals surface area (Å²) in [5.41, 5.74) is 0.476. The normalized spacial score (nSPS) is 11.5. The van der Waals surface area contributed by atoms with Crippen molar-refractivity contribution in [2.75, 3.05) is 20.7 Å². The maximum atomic E-state index is 12.9. The molecule has 0 fully saturated rings. The lowest BCUT2D eigenvalue weighted by Crippen LogP contribution is -2.12. The van der Waals surface area contributed by atoms with E-state index >= 15 is 0 Å². The molecule has 0 aliphatic heterocycles. The molecular formula is C23H21NO6. The smallest absolute Gasteiger partial charge is 0.344 e. The minimum atomic E-state index is -0.620. The molecule has 2 heterocycles. The average Bonchev–Trinajstić information content (AvgIpc) is 2.70. The quantitative estimate of drug-likeness (QED) is 0.504. The largest absolute Gasteiger partial charge is 0.507 e. The van der Waals surface area contributed by atoms with Gasteiger partial charge in [0.1, 0.15) is 11.3 Å². The van der Waals surface area contributed by atoms with Crippen LogP contribution in [0.3, 0.4) is 0 Å². The van der Waals surface area contributed by atoms with Gasteiger partial charge in [0.15, 0.2) is 11.3 Å². The zero-order valence-corrected chi connectivity index (χ0v) is 16.9. The van der Waals surface area contributed by atoms with E-state index < -0.39 is 11.3 Å². The molecule has 30 heavy (non-hydrogen) atoms. The van der Waals surface area contributed by atoms with Gasteiger partial charge in [-0.25, -0.2) is 9.59 Å². The number of rotatable bonds is 5. The second kappa shape index (κ2) is 7.68. The summed E-state index contributed by atoms with van der Waals surface area (Å²) in [6.45, 7) is 2.65. The molecule has 2 aromatic heterocycles. The lowest BCUT2D eigenvalue weighted by molar-refractivity contribution is 0.337. The van der Waals surface area contributed by atoms with Crippen molar-refractivity contribution in [1.82, 2.24) is 4.90 Å². The Kier molecular flexibility index (Phi) is 5.05. The second-order valence-electron chi connectivity index (χ2n) is 7.21. The standard InChI is InChI=1S/C23H21NO6/c1-4-28-19-7-5-6-13-10-16(23(27)30-21(13)19)15-11-20(26)29-22-14(15)8-9-18(25)17(22)12-24(2)3/h5-11,25H,4,12H2,1-3H3. The minimum Gasteiger partial charge on any atom is -0.507 e. The SMILES string of the molecule is CCOc1cccc2cc(-c3cc(=O)oc4c(CN(C)C)c(O)ccc34)c(=O)oc12. The molecule has 0 saturated heterocycles. The van der Waals surface area contributed by atoms with Gasteiger partial charge in [-0.1, -0.05) is 12.1 Å². The molecule has 1 N–H and O–H groups in total. The van der Waals surface area contributed by atoms with Gasteiger partial charge in [0, 0.05) is 28.9 Å². The first-order chi connectivity index (χ1) is 14.4. The molecule has 0 aliphatic rings. The highest BCUT2D eigenvalue weighted by molar-refractivity contribution is 5.97. The van der Waals surface area contributed by atoms with E-state index in [1.54, 1.807) is 24.3 Å². The second-order valence-corrected chi connectivity index (χ2v) is 7.21. The van der Waals surface area contributed by atoms with Crippen molar-refractivity contribution in [2.24, 2.45) is 0 Å². The molecule has 0 saturated carbocycles. The van der Waals surface area contributed by atoms with Gasteiger partial charge in [0.05, 0.1) is 17.7 Å². The summed E-state index contributed by atoms with van der Waals surface area (Å²) in [4.78, 5) is 27.0. The summed E-state index contributed by atoms with van der Waals surface area (Å²) >= 11 is 0. The Bertz CT molecular complexity index is 1370. The average molecular weight is 407 g/mol. The maximum Gasteiger partial charge on any atom is 0.344 e. The van der Waals surface area contributed by atoms with Crippen molar-refractivity contribution < 1.29 is 18.7 Å². The lowest BCUT2D eigenvalue weighted by atomic mass is 9.99. The molecular weight excluding hydrogens is 386 g/mol. The summed E-state index contributed by atoms with van der Waals surface area (Å²) in [6.07, 6.45) is 0. The molecule has 0 bridgehead atoms. The predicted octanol–water partition coefficient (Wildman–Crippen LogP) is 3.73. The van der Waals surface area contributed by atoms with Crippen LogP contribution in [-0.2, 0) is 6.54 Å². The third-order valence-corrected chi connectivity index (χ3v) is 4.78.